The maximum absolute atomic E-state index is 11.7. The molecule has 0 aliphatic rings. The van der Waals surface area contributed by atoms with Crippen LogP contribution in [0.3, 0.4) is 0 Å². The van der Waals surface area contributed by atoms with Crippen molar-refractivity contribution in [3.05, 3.63) is 29.8 Å². The Balaban J connectivity index is 2.43. The monoisotopic (exact) mass is 280 g/mol. The topological polar surface area (TPSA) is 102 Å². The van der Waals surface area contributed by atoms with Gasteiger partial charge in [-0.15, -0.1) is 0 Å². The van der Waals surface area contributed by atoms with Gasteiger partial charge >= 0.3 is 5.97 Å². The summed E-state index contributed by atoms with van der Waals surface area (Å²) in [5.41, 5.74) is 6.51. The SMILES string of the molecule is CCOc1cccc(CNC(=O)C(N)CCC(=O)O)c1. The van der Waals surface area contributed by atoms with Gasteiger partial charge in [0.25, 0.3) is 0 Å². The highest BCUT2D eigenvalue weighted by Gasteiger charge is 2.14. The molecule has 0 bridgehead atoms. The average Bonchev–Trinajstić information content (AvgIpc) is 2.43. The highest BCUT2D eigenvalue weighted by molar-refractivity contribution is 5.82. The van der Waals surface area contributed by atoms with Crippen molar-refractivity contribution < 1.29 is 19.4 Å². The molecule has 20 heavy (non-hydrogen) atoms. The van der Waals surface area contributed by atoms with Gasteiger partial charge in [0.05, 0.1) is 12.6 Å². The lowest BCUT2D eigenvalue weighted by Crippen LogP contribution is -2.40. The molecule has 110 valence electrons. The molecule has 4 N–H and O–H groups in total. The minimum atomic E-state index is -0.960. The Hall–Kier alpha value is -2.08. The fourth-order valence-electron chi connectivity index (χ4n) is 1.64. The van der Waals surface area contributed by atoms with Gasteiger partial charge in [0.15, 0.2) is 0 Å². The molecule has 0 aliphatic carbocycles. The zero-order chi connectivity index (χ0) is 15.0. The number of carbonyl (C=O) groups is 2. The molecule has 1 aromatic rings. The van der Waals surface area contributed by atoms with E-state index in [2.05, 4.69) is 5.32 Å². The third-order valence-electron chi connectivity index (χ3n) is 2.68. The lowest BCUT2D eigenvalue weighted by atomic mass is 10.1. The molecule has 0 fully saturated rings. The molecule has 6 nitrogen and oxygen atoms in total. The van der Waals surface area contributed by atoms with Crippen molar-refractivity contribution in [1.29, 1.82) is 0 Å². The number of ether oxygens (including phenoxy) is 1. The minimum Gasteiger partial charge on any atom is -0.494 e. The molecule has 0 aliphatic heterocycles. The average molecular weight is 280 g/mol. The number of nitrogens with two attached hydrogens (primary N) is 1. The number of amides is 1. The summed E-state index contributed by atoms with van der Waals surface area (Å²) in [6.45, 7) is 2.81. The van der Waals surface area contributed by atoms with Crippen molar-refractivity contribution in [1.82, 2.24) is 5.32 Å². The van der Waals surface area contributed by atoms with Crippen LogP contribution in [0.4, 0.5) is 0 Å². The molecular weight excluding hydrogens is 260 g/mol. The van der Waals surface area contributed by atoms with E-state index >= 15 is 0 Å². The molecule has 0 aromatic heterocycles. The number of hydrogen-bond acceptors (Lipinski definition) is 4. The van der Waals surface area contributed by atoms with E-state index in [1.807, 2.05) is 31.2 Å². The van der Waals surface area contributed by atoms with E-state index in [9.17, 15) is 9.59 Å². The van der Waals surface area contributed by atoms with E-state index in [0.29, 0.717) is 13.2 Å². The lowest BCUT2D eigenvalue weighted by molar-refractivity contribution is -0.137. The van der Waals surface area contributed by atoms with Gasteiger partial charge in [-0.2, -0.15) is 0 Å². The van der Waals surface area contributed by atoms with Crippen LogP contribution in [0.15, 0.2) is 24.3 Å². The zero-order valence-electron chi connectivity index (χ0n) is 11.5. The molecule has 6 heteroatoms. The second-order valence-corrected chi connectivity index (χ2v) is 4.34. The van der Waals surface area contributed by atoms with E-state index in [4.69, 9.17) is 15.6 Å². The van der Waals surface area contributed by atoms with Crippen LogP contribution < -0.4 is 15.8 Å². The molecule has 0 spiro atoms. The maximum Gasteiger partial charge on any atom is 0.303 e. The molecule has 1 atom stereocenters. The predicted molar refractivity (Wildman–Crippen MR) is 74.3 cm³/mol. The van der Waals surface area contributed by atoms with E-state index < -0.39 is 12.0 Å². The van der Waals surface area contributed by atoms with Crippen LogP contribution in [-0.4, -0.2) is 29.6 Å². The quantitative estimate of drug-likeness (QED) is 0.656. The van der Waals surface area contributed by atoms with Gasteiger partial charge in [-0.05, 0) is 31.0 Å². The standard InChI is InChI=1S/C14H20N2O4/c1-2-20-11-5-3-4-10(8-11)9-16-14(19)12(15)6-7-13(17)18/h3-5,8,12H,2,6-7,9,15H2,1H3,(H,16,19)(H,17,18). The van der Waals surface area contributed by atoms with Gasteiger partial charge in [-0.3, -0.25) is 9.59 Å². The molecule has 1 amide bonds. The van der Waals surface area contributed by atoms with Crippen LogP contribution in [0.1, 0.15) is 25.3 Å². The van der Waals surface area contributed by atoms with Crippen LogP contribution in [0.2, 0.25) is 0 Å². The molecule has 1 rings (SSSR count). The van der Waals surface area contributed by atoms with Crippen molar-refractivity contribution >= 4 is 11.9 Å². The van der Waals surface area contributed by atoms with Crippen molar-refractivity contribution in [3.63, 3.8) is 0 Å². The first kappa shape index (κ1) is 16.0. The smallest absolute Gasteiger partial charge is 0.303 e. The Morgan fingerprint density at radius 3 is 2.85 bits per heavy atom. The fourth-order valence-corrected chi connectivity index (χ4v) is 1.64. The summed E-state index contributed by atoms with van der Waals surface area (Å²) < 4.78 is 5.36. The van der Waals surface area contributed by atoms with Gasteiger partial charge in [0, 0.05) is 13.0 Å². The number of benzene rings is 1. The molecule has 0 heterocycles. The first-order valence-corrected chi connectivity index (χ1v) is 6.49. The summed E-state index contributed by atoms with van der Waals surface area (Å²) in [7, 11) is 0. The normalized spacial score (nSPS) is 11.7. The Morgan fingerprint density at radius 2 is 2.20 bits per heavy atom. The Kier molecular flexibility index (Phi) is 6.52. The largest absolute Gasteiger partial charge is 0.494 e. The molecule has 1 aromatic carbocycles. The van der Waals surface area contributed by atoms with Crippen LogP contribution >= 0.6 is 0 Å². The van der Waals surface area contributed by atoms with Gasteiger partial charge in [0.1, 0.15) is 5.75 Å². The van der Waals surface area contributed by atoms with E-state index in [1.165, 1.54) is 0 Å². The summed E-state index contributed by atoms with van der Waals surface area (Å²) >= 11 is 0. The van der Waals surface area contributed by atoms with E-state index in [-0.39, 0.29) is 18.7 Å². The minimum absolute atomic E-state index is 0.117. The molecule has 0 saturated heterocycles. The summed E-state index contributed by atoms with van der Waals surface area (Å²) in [6, 6.07) is 6.59. The molecule has 0 radical (unpaired) electrons. The van der Waals surface area contributed by atoms with E-state index in [0.717, 1.165) is 11.3 Å². The van der Waals surface area contributed by atoms with Crippen LogP contribution in [0.25, 0.3) is 0 Å². The Bertz CT molecular complexity index is 462. The van der Waals surface area contributed by atoms with Crippen molar-refractivity contribution in [2.75, 3.05) is 6.61 Å². The first-order chi connectivity index (χ1) is 9.52. The summed E-state index contributed by atoms with van der Waals surface area (Å²) in [5, 5.41) is 11.2. The molecule has 0 saturated carbocycles. The van der Waals surface area contributed by atoms with Gasteiger partial charge < -0.3 is 20.9 Å². The summed E-state index contributed by atoms with van der Waals surface area (Å²) in [5.74, 6) is -0.569. The van der Waals surface area contributed by atoms with Crippen LogP contribution in [0, 0.1) is 0 Å². The fraction of sp³-hybridized carbons (Fsp3) is 0.429. The third kappa shape index (κ3) is 5.71. The summed E-state index contributed by atoms with van der Waals surface area (Å²) in [4.78, 5) is 22.1. The highest BCUT2D eigenvalue weighted by atomic mass is 16.5. The Morgan fingerprint density at radius 1 is 1.45 bits per heavy atom. The number of carbonyl (C=O) groups excluding carboxylic acids is 1. The van der Waals surface area contributed by atoms with Gasteiger partial charge in [-0.25, -0.2) is 0 Å². The number of carboxylic acid groups (broad SMARTS) is 1. The predicted octanol–water partition coefficient (Wildman–Crippen LogP) is 0.894. The zero-order valence-corrected chi connectivity index (χ0v) is 11.5. The van der Waals surface area contributed by atoms with Gasteiger partial charge in [-0.1, -0.05) is 12.1 Å². The first-order valence-electron chi connectivity index (χ1n) is 6.49. The van der Waals surface area contributed by atoms with E-state index in [1.54, 1.807) is 0 Å². The maximum atomic E-state index is 11.7. The van der Waals surface area contributed by atoms with Crippen LogP contribution in [0.5, 0.6) is 5.75 Å². The molecular formula is C14H20N2O4. The highest BCUT2D eigenvalue weighted by Crippen LogP contribution is 2.13. The number of carboxylic acids is 1. The van der Waals surface area contributed by atoms with Crippen molar-refractivity contribution in [3.8, 4) is 5.75 Å². The molecule has 1 unspecified atom stereocenters. The van der Waals surface area contributed by atoms with Crippen LogP contribution in [-0.2, 0) is 16.1 Å². The lowest BCUT2D eigenvalue weighted by Gasteiger charge is -2.12. The second-order valence-electron chi connectivity index (χ2n) is 4.34. The number of hydrogen-bond donors (Lipinski definition) is 3. The second kappa shape index (κ2) is 8.16. The number of rotatable bonds is 8. The number of nitrogens with one attached hydrogen (secondary N) is 1. The number of aliphatic carboxylic acids is 1. The summed E-state index contributed by atoms with van der Waals surface area (Å²) in [6.07, 6.45) is 0.00850. The Labute approximate surface area is 117 Å². The van der Waals surface area contributed by atoms with Crippen molar-refractivity contribution in [2.24, 2.45) is 5.73 Å². The van der Waals surface area contributed by atoms with Gasteiger partial charge in [0.2, 0.25) is 5.91 Å². The third-order valence-corrected chi connectivity index (χ3v) is 2.68. The van der Waals surface area contributed by atoms with Crippen molar-refractivity contribution in [2.45, 2.75) is 32.4 Å².